The van der Waals surface area contributed by atoms with Gasteiger partial charge in [-0.1, -0.05) is 97.1 Å². The quantitative estimate of drug-likeness (QED) is 0.174. The van der Waals surface area contributed by atoms with Gasteiger partial charge in [0, 0.05) is 60.9 Å². The summed E-state index contributed by atoms with van der Waals surface area (Å²) in [6.07, 6.45) is 9.06. The zero-order valence-corrected chi connectivity index (χ0v) is 25.6. The topological polar surface area (TPSA) is 12.9 Å². The largest absolute Gasteiger partial charge is 0.318 e. The summed E-state index contributed by atoms with van der Waals surface area (Å²) in [6, 6.07) is 47.0. The fourth-order valence-electron chi connectivity index (χ4n) is 8.13. The Bertz CT molecular complexity index is 2860. The minimum atomic E-state index is 0.0662. The normalized spacial score (nSPS) is 15.8. The molecule has 0 bridgehead atoms. The highest BCUT2D eigenvalue weighted by molar-refractivity contribution is 7.26. The lowest BCUT2D eigenvalue weighted by Crippen LogP contribution is -2.30. The standard InChI is InChI=1S/C42H26N3S/c1-2-12-26(13-3-1)43-33-18-6-4-14-27(33)31-24-32-29-16-10-21-36-41(29)45(39(32)25-38(31)43)35-20-8-7-19-34(35)44(36)37-22-11-17-30-28-15-5-9-23-40(28)46-42(30)37/h1-25,35H/q+1. The number of hydrogen-bond acceptors (Lipinski definition) is 1. The van der Waals surface area contributed by atoms with Crippen LogP contribution in [0.3, 0.4) is 0 Å². The van der Waals surface area contributed by atoms with Crippen LogP contribution in [0.15, 0.2) is 152 Å². The van der Waals surface area contributed by atoms with Gasteiger partial charge in [-0.15, -0.1) is 11.3 Å². The smallest absolute Gasteiger partial charge is 0.236 e. The number of nitrogens with zero attached hydrogens (tertiary/aromatic N) is 3. The molecule has 214 valence electrons. The lowest BCUT2D eigenvalue weighted by Gasteiger charge is -2.24. The summed E-state index contributed by atoms with van der Waals surface area (Å²) in [6.45, 7) is 0. The molecular formula is C42H26N3S+. The molecule has 1 aliphatic heterocycles. The van der Waals surface area contributed by atoms with Crippen molar-refractivity contribution in [1.82, 2.24) is 13.7 Å². The number of benzene rings is 6. The molecule has 1 aliphatic carbocycles. The molecule has 11 rings (SSSR count). The van der Waals surface area contributed by atoms with Crippen molar-refractivity contribution in [3.8, 4) is 5.69 Å². The van der Waals surface area contributed by atoms with Gasteiger partial charge in [0.25, 0.3) is 0 Å². The number of para-hydroxylation sites is 3. The molecule has 0 N–H and O–H groups in total. The van der Waals surface area contributed by atoms with Gasteiger partial charge in [0.1, 0.15) is 16.3 Å². The Morgan fingerprint density at radius 3 is 2.20 bits per heavy atom. The molecule has 0 spiro atoms. The maximum atomic E-state index is 2.59. The van der Waals surface area contributed by atoms with Crippen LogP contribution in [-0.4, -0.2) is 14.8 Å². The first-order valence-electron chi connectivity index (χ1n) is 15.8. The molecule has 46 heavy (non-hydrogen) atoms. The minimum Gasteiger partial charge on any atom is -0.318 e. The van der Waals surface area contributed by atoms with Crippen molar-refractivity contribution >= 4 is 92.2 Å². The second kappa shape index (κ2) is 8.94. The van der Waals surface area contributed by atoms with Gasteiger partial charge in [0.05, 0.1) is 16.6 Å². The third-order valence-electron chi connectivity index (χ3n) is 9.99. The lowest BCUT2D eigenvalue weighted by atomic mass is 10.0. The van der Waals surface area contributed by atoms with E-state index in [1.807, 2.05) is 11.3 Å². The van der Waals surface area contributed by atoms with Crippen LogP contribution >= 0.6 is 11.3 Å². The zero-order chi connectivity index (χ0) is 29.9. The molecular weight excluding hydrogens is 579 g/mol. The molecule has 1 unspecified atom stereocenters. The van der Waals surface area contributed by atoms with Crippen LogP contribution < -0.4 is 4.58 Å². The Morgan fingerprint density at radius 1 is 0.543 bits per heavy atom. The van der Waals surface area contributed by atoms with Crippen molar-refractivity contribution in [2.45, 2.75) is 6.04 Å². The summed E-state index contributed by atoms with van der Waals surface area (Å²) in [5.74, 6) is 0. The van der Waals surface area contributed by atoms with E-state index in [1.54, 1.807) is 0 Å². The average Bonchev–Trinajstić information content (AvgIpc) is 3.77. The second-order valence-corrected chi connectivity index (χ2v) is 13.4. The Hall–Kier alpha value is -5.71. The van der Waals surface area contributed by atoms with Crippen LogP contribution in [0.2, 0.25) is 0 Å². The fraction of sp³-hybridized carbons (Fsp3) is 0.0238. The fourth-order valence-corrected chi connectivity index (χ4v) is 9.33. The third kappa shape index (κ3) is 3.09. The second-order valence-electron chi connectivity index (χ2n) is 12.3. The molecule has 0 saturated heterocycles. The molecule has 2 aliphatic rings. The van der Waals surface area contributed by atoms with Gasteiger partial charge >= 0.3 is 0 Å². The van der Waals surface area contributed by atoms with Gasteiger partial charge in [-0.3, -0.25) is 0 Å². The third-order valence-corrected chi connectivity index (χ3v) is 11.2. The van der Waals surface area contributed by atoms with Crippen molar-refractivity contribution in [1.29, 1.82) is 0 Å². The van der Waals surface area contributed by atoms with Gasteiger partial charge in [0.15, 0.2) is 0 Å². The predicted octanol–water partition coefficient (Wildman–Crippen LogP) is 11.2. The van der Waals surface area contributed by atoms with Gasteiger partial charge in [-0.2, -0.15) is 4.58 Å². The SMILES string of the molecule is C1=CC2=[N+](c3cccc4c3sc3ccccc34)c3cccc4c5cc6c7ccccc7n(-c7ccccc7)c6cc5n(c34)C2C=C1. The van der Waals surface area contributed by atoms with E-state index in [4.69, 9.17) is 0 Å². The van der Waals surface area contributed by atoms with E-state index in [0.29, 0.717) is 0 Å². The molecule has 9 aromatic rings. The van der Waals surface area contributed by atoms with E-state index >= 15 is 0 Å². The van der Waals surface area contributed by atoms with Crippen LogP contribution in [0.4, 0.5) is 11.4 Å². The van der Waals surface area contributed by atoms with Crippen molar-refractivity contribution in [2.24, 2.45) is 0 Å². The van der Waals surface area contributed by atoms with Crippen molar-refractivity contribution in [3.05, 3.63) is 152 Å². The zero-order valence-electron chi connectivity index (χ0n) is 24.8. The lowest BCUT2D eigenvalue weighted by molar-refractivity contribution is 0.782. The van der Waals surface area contributed by atoms with Crippen molar-refractivity contribution < 1.29 is 0 Å². The predicted molar refractivity (Wildman–Crippen MR) is 197 cm³/mol. The van der Waals surface area contributed by atoms with E-state index in [0.717, 1.165) is 0 Å². The van der Waals surface area contributed by atoms with E-state index in [2.05, 4.69) is 165 Å². The highest BCUT2D eigenvalue weighted by atomic mass is 32.1. The van der Waals surface area contributed by atoms with Crippen LogP contribution in [-0.2, 0) is 0 Å². The maximum absolute atomic E-state index is 2.59. The number of thiophene rings is 1. The molecule has 6 aromatic carbocycles. The summed E-state index contributed by atoms with van der Waals surface area (Å²) < 4.78 is 10.2. The number of hydrogen-bond donors (Lipinski definition) is 0. The summed E-state index contributed by atoms with van der Waals surface area (Å²) in [5.41, 5.74) is 9.93. The van der Waals surface area contributed by atoms with E-state index < -0.39 is 0 Å². The van der Waals surface area contributed by atoms with Crippen LogP contribution in [0.5, 0.6) is 0 Å². The van der Waals surface area contributed by atoms with Crippen molar-refractivity contribution in [2.75, 3.05) is 0 Å². The Kier molecular flexibility index (Phi) is 4.78. The van der Waals surface area contributed by atoms with E-state index in [-0.39, 0.29) is 6.04 Å². The molecule has 0 radical (unpaired) electrons. The molecule has 1 atom stereocenters. The monoisotopic (exact) mass is 604 g/mol. The molecule has 3 aromatic heterocycles. The first-order chi connectivity index (χ1) is 22.8. The Balaban J connectivity index is 1.27. The minimum absolute atomic E-state index is 0.0662. The number of fused-ring (bicyclic) bond motifs is 11. The van der Waals surface area contributed by atoms with Crippen molar-refractivity contribution in [3.63, 3.8) is 0 Å². The average molecular weight is 605 g/mol. The van der Waals surface area contributed by atoms with Gasteiger partial charge in [-0.05, 0) is 36.4 Å². The molecule has 4 heteroatoms. The highest BCUT2D eigenvalue weighted by Gasteiger charge is 2.38. The first kappa shape index (κ1) is 24.6. The Morgan fingerprint density at radius 2 is 1.28 bits per heavy atom. The Labute approximate surface area is 268 Å². The van der Waals surface area contributed by atoms with Gasteiger partial charge in [-0.25, -0.2) is 0 Å². The molecule has 3 nitrogen and oxygen atoms in total. The van der Waals surface area contributed by atoms with Crippen LogP contribution in [0.1, 0.15) is 6.04 Å². The summed E-state index contributed by atoms with van der Waals surface area (Å²) in [5, 5.41) is 7.80. The molecule has 0 saturated carbocycles. The van der Waals surface area contributed by atoms with E-state index in [9.17, 15) is 0 Å². The number of aromatic nitrogens is 2. The van der Waals surface area contributed by atoms with Gasteiger partial charge < -0.3 is 9.13 Å². The number of allylic oxidation sites excluding steroid dienone is 4. The summed E-state index contributed by atoms with van der Waals surface area (Å²) >= 11 is 1.89. The highest BCUT2D eigenvalue weighted by Crippen LogP contribution is 2.48. The van der Waals surface area contributed by atoms with Crippen LogP contribution in [0, 0.1) is 0 Å². The molecule has 0 amide bonds. The van der Waals surface area contributed by atoms with Gasteiger partial charge in [0.2, 0.25) is 17.1 Å². The molecule has 0 fully saturated rings. The summed E-state index contributed by atoms with van der Waals surface area (Å²) in [4.78, 5) is 0. The van der Waals surface area contributed by atoms with Crippen LogP contribution in [0.25, 0.3) is 69.5 Å². The first-order valence-corrected chi connectivity index (χ1v) is 16.6. The number of rotatable bonds is 2. The maximum Gasteiger partial charge on any atom is 0.236 e. The summed E-state index contributed by atoms with van der Waals surface area (Å²) in [7, 11) is 0. The molecule has 4 heterocycles. The van der Waals surface area contributed by atoms with E-state index in [1.165, 1.54) is 86.6 Å².